The van der Waals surface area contributed by atoms with Gasteiger partial charge < -0.3 is 19.5 Å². The monoisotopic (exact) mass is 532 g/mol. The molecular weight excluding hydrogens is 500 g/mol. The van der Waals surface area contributed by atoms with Crippen molar-refractivity contribution in [2.75, 3.05) is 38.2 Å². The van der Waals surface area contributed by atoms with Crippen LogP contribution in [0.1, 0.15) is 43.1 Å². The second-order valence-electron chi connectivity index (χ2n) is 10.2. The zero-order chi connectivity index (χ0) is 26.1. The molecular formula is C28H32N6O3S. The van der Waals surface area contributed by atoms with E-state index in [4.69, 9.17) is 9.72 Å². The Kier molecular flexibility index (Phi) is 6.88. The lowest BCUT2D eigenvalue weighted by molar-refractivity contribution is -0.137. The first-order chi connectivity index (χ1) is 18.6. The van der Waals surface area contributed by atoms with E-state index >= 15 is 0 Å². The highest BCUT2D eigenvalue weighted by molar-refractivity contribution is 7.09. The minimum Gasteiger partial charge on any atom is -0.497 e. The van der Waals surface area contributed by atoms with Crippen LogP contribution in [0.3, 0.4) is 0 Å². The molecule has 2 aliphatic rings. The van der Waals surface area contributed by atoms with Crippen molar-refractivity contribution in [1.82, 2.24) is 23.8 Å². The lowest BCUT2D eigenvalue weighted by atomic mass is 9.95. The van der Waals surface area contributed by atoms with Crippen molar-refractivity contribution in [3.05, 3.63) is 70.4 Å². The maximum atomic E-state index is 13.5. The zero-order valence-corrected chi connectivity index (χ0v) is 22.3. The number of para-hydroxylation sites is 2. The number of aromatic amines is 1. The van der Waals surface area contributed by atoms with Crippen LogP contribution in [0.5, 0.6) is 5.75 Å². The molecule has 0 saturated carbocycles. The second-order valence-corrected chi connectivity index (χ2v) is 10.9. The summed E-state index contributed by atoms with van der Waals surface area (Å²) in [5.41, 5.74) is 2.84. The third-order valence-corrected chi connectivity index (χ3v) is 8.58. The Morgan fingerprint density at radius 1 is 1.11 bits per heavy atom. The summed E-state index contributed by atoms with van der Waals surface area (Å²) in [7, 11) is 1.67. The number of imidazole rings is 1. The number of H-pyrrole nitrogens is 1. The predicted molar refractivity (Wildman–Crippen MR) is 148 cm³/mol. The van der Waals surface area contributed by atoms with Gasteiger partial charge in [-0.05, 0) is 55.5 Å². The number of fused-ring (bicyclic) bond motifs is 1. The molecule has 1 unspecified atom stereocenters. The van der Waals surface area contributed by atoms with Gasteiger partial charge in [-0.1, -0.05) is 24.3 Å². The number of hydrogen-bond acceptors (Lipinski definition) is 7. The fraction of sp³-hybridized carbons (Fsp3) is 0.429. The van der Waals surface area contributed by atoms with Crippen molar-refractivity contribution in [3.63, 3.8) is 0 Å². The summed E-state index contributed by atoms with van der Waals surface area (Å²) in [5.74, 6) is 1.80. The molecule has 38 heavy (non-hydrogen) atoms. The van der Waals surface area contributed by atoms with Crippen molar-refractivity contribution >= 4 is 33.6 Å². The highest BCUT2D eigenvalue weighted by Gasteiger charge is 2.33. The molecule has 198 valence electrons. The number of rotatable bonds is 6. The van der Waals surface area contributed by atoms with Crippen LogP contribution < -0.4 is 15.3 Å². The van der Waals surface area contributed by atoms with Crippen LogP contribution in [-0.2, 0) is 11.2 Å². The van der Waals surface area contributed by atoms with Crippen molar-refractivity contribution in [2.45, 2.75) is 38.1 Å². The molecule has 1 amide bonds. The van der Waals surface area contributed by atoms with Crippen molar-refractivity contribution in [3.8, 4) is 5.75 Å². The van der Waals surface area contributed by atoms with Crippen molar-refractivity contribution in [1.29, 1.82) is 0 Å². The van der Waals surface area contributed by atoms with Crippen LogP contribution in [0.25, 0.3) is 11.0 Å². The Hall–Kier alpha value is -3.66. The van der Waals surface area contributed by atoms with Gasteiger partial charge in [0, 0.05) is 50.2 Å². The van der Waals surface area contributed by atoms with Gasteiger partial charge in [-0.15, -0.1) is 0 Å². The number of likely N-dealkylation sites (tertiary alicyclic amines) is 1. The van der Waals surface area contributed by atoms with Gasteiger partial charge in [-0.3, -0.25) is 9.36 Å². The quantitative estimate of drug-likeness (QED) is 0.405. The summed E-state index contributed by atoms with van der Waals surface area (Å²) < 4.78 is 11.8. The van der Waals surface area contributed by atoms with Gasteiger partial charge in [0.25, 0.3) is 0 Å². The van der Waals surface area contributed by atoms with Gasteiger partial charge >= 0.3 is 5.69 Å². The molecule has 0 bridgehead atoms. The van der Waals surface area contributed by atoms with Gasteiger partial charge in [-0.2, -0.15) is 4.37 Å². The lowest BCUT2D eigenvalue weighted by Crippen LogP contribution is -2.47. The average molecular weight is 533 g/mol. The Balaban J connectivity index is 1.07. The summed E-state index contributed by atoms with van der Waals surface area (Å²) in [5, 5.41) is 0.887. The smallest absolute Gasteiger partial charge is 0.326 e. The number of carbonyl (C=O) groups excluding carboxylic acids is 1. The minimum absolute atomic E-state index is 0.0400. The Morgan fingerprint density at radius 3 is 2.79 bits per heavy atom. The van der Waals surface area contributed by atoms with E-state index in [9.17, 15) is 9.59 Å². The van der Waals surface area contributed by atoms with Gasteiger partial charge in [-0.25, -0.2) is 9.78 Å². The molecule has 2 aromatic carbocycles. The molecule has 4 heterocycles. The van der Waals surface area contributed by atoms with E-state index < -0.39 is 0 Å². The van der Waals surface area contributed by atoms with Gasteiger partial charge in [0.1, 0.15) is 11.6 Å². The SMILES string of the molecule is COc1cccc(Cc2nsc(N3CCCC(C(=O)N4CCC(n5c(=O)[nH]c6ccccc65)CC4)C3)n2)c1. The topological polar surface area (TPSA) is 96.4 Å². The number of benzene rings is 2. The molecule has 2 aromatic heterocycles. The van der Waals surface area contributed by atoms with E-state index in [1.54, 1.807) is 7.11 Å². The van der Waals surface area contributed by atoms with Crippen LogP contribution in [0.2, 0.25) is 0 Å². The van der Waals surface area contributed by atoms with E-state index in [0.717, 1.165) is 65.5 Å². The summed E-state index contributed by atoms with van der Waals surface area (Å²) in [4.78, 5) is 38.1. The number of amides is 1. The lowest BCUT2D eigenvalue weighted by Gasteiger charge is -2.37. The van der Waals surface area contributed by atoms with Gasteiger partial charge in [0.2, 0.25) is 11.0 Å². The van der Waals surface area contributed by atoms with Gasteiger partial charge in [0.05, 0.1) is 24.1 Å². The first kappa shape index (κ1) is 24.7. The highest BCUT2D eigenvalue weighted by atomic mass is 32.1. The van der Waals surface area contributed by atoms with E-state index in [1.165, 1.54) is 11.5 Å². The maximum Gasteiger partial charge on any atom is 0.326 e. The molecule has 9 nitrogen and oxygen atoms in total. The van der Waals surface area contributed by atoms with Crippen LogP contribution in [-0.4, -0.2) is 63.0 Å². The zero-order valence-electron chi connectivity index (χ0n) is 21.5. The van der Waals surface area contributed by atoms with E-state index in [-0.39, 0.29) is 23.6 Å². The molecule has 0 aliphatic carbocycles. The fourth-order valence-electron chi connectivity index (χ4n) is 5.80. The Bertz CT molecular complexity index is 1490. The number of nitrogens with zero attached hydrogens (tertiary/aromatic N) is 5. The van der Waals surface area contributed by atoms with Crippen LogP contribution >= 0.6 is 11.5 Å². The van der Waals surface area contributed by atoms with Crippen molar-refractivity contribution < 1.29 is 9.53 Å². The third kappa shape index (κ3) is 4.92. The molecule has 2 aliphatic heterocycles. The highest BCUT2D eigenvalue weighted by Crippen LogP contribution is 2.30. The van der Waals surface area contributed by atoms with E-state index in [2.05, 4.69) is 20.3 Å². The second kappa shape index (κ2) is 10.6. The molecule has 6 rings (SSSR count). The fourth-order valence-corrected chi connectivity index (χ4v) is 6.52. The molecule has 1 N–H and O–H groups in total. The standard InChI is InChI=1S/C28H32N6O3S/c1-37-22-8-4-6-19(16-22)17-25-30-28(38-31-25)33-13-5-7-20(18-33)26(35)32-14-11-21(12-15-32)34-24-10-3-2-9-23(24)29-27(34)36/h2-4,6,8-10,16,20-21H,5,7,11-15,17-18H2,1H3,(H,29,36). The van der Waals surface area contributed by atoms with Crippen LogP contribution in [0, 0.1) is 5.92 Å². The van der Waals surface area contributed by atoms with E-state index in [1.807, 2.05) is 51.9 Å². The number of nitrogens with one attached hydrogen (secondary N) is 1. The Morgan fingerprint density at radius 2 is 1.95 bits per heavy atom. The molecule has 2 saturated heterocycles. The van der Waals surface area contributed by atoms with Crippen LogP contribution in [0.15, 0.2) is 53.3 Å². The summed E-state index contributed by atoms with van der Waals surface area (Å²) in [6.45, 7) is 2.92. The number of methoxy groups -OCH3 is 1. The number of ether oxygens (including phenoxy) is 1. The summed E-state index contributed by atoms with van der Waals surface area (Å²) >= 11 is 1.41. The van der Waals surface area contributed by atoms with E-state index in [0.29, 0.717) is 26.1 Å². The normalized spacial score (nSPS) is 18.7. The average Bonchev–Trinajstić information content (AvgIpc) is 3.56. The number of carbonyl (C=O) groups is 1. The third-order valence-electron chi connectivity index (χ3n) is 7.76. The number of piperidine rings is 2. The molecule has 2 fully saturated rings. The Labute approximate surface area is 225 Å². The summed E-state index contributed by atoms with van der Waals surface area (Å²) in [6.07, 6.45) is 4.08. The number of anilines is 1. The first-order valence-electron chi connectivity index (χ1n) is 13.3. The molecule has 0 spiro atoms. The maximum absolute atomic E-state index is 13.5. The molecule has 4 aromatic rings. The molecule has 10 heteroatoms. The molecule has 0 radical (unpaired) electrons. The van der Waals surface area contributed by atoms with Crippen LogP contribution in [0.4, 0.5) is 5.13 Å². The first-order valence-corrected chi connectivity index (χ1v) is 14.0. The largest absolute Gasteiger partial charge is 0.497 e. The number of hydrogen-bond donors (Lipinski definition) is 1. The van der Waals surface area contributed by atoms with Gasteiger partial charge in [0.15, 0.2) is 0 Å². The minimum atomic E-state index is -0.0678. The van der Waals surface area contributed by atoms with Crippen molar-refractivity contribution in [2.24, 2.45) is 5.92 Å². The number of aromatic nitrogens is 4. The predicted octanol–water partition coefficient (Wildman–Crippen LogP) is 3.86. The molecule has 1 atom stereocenters. The summed E-state index contributed by atoms with van der Waals surface area (Å²) in [6, 6.07) is 15.9.